The summed E-state index contributed by atoms with van der Waals surface area (Å²) < 4.78 is 0. The first-order chi connectivity index (χ1) is 15.0. The Morgan fingerprint density at radius 3 is 2.52 bits per heavy atom. The van der Waals surface area contributed by atoms with E-state index < -0.39 is 0 Å². The number of carbonyl (C=O) groups excluding carboxylic acids is 1. The molecule has 1 fully saturated rings. The number of nitrogens with zero attached hydrogens (tertiary/aromatic N) is 2. The molecular formula is C27H33N3O. The molecule has 3 aliphatic rings. The maximum atomic E-state index is 13.1. The van der Waals surface area contributed by atoms with Crippen LogP contribution in [0.5, 0.6) is 0 Å². The molecule has 3 atom stereocenters. The zero-order chi connectivity index (χ0) is 21.5. The van der Waals surface area contributed by atoms with Gasteiger partial charge in [0.1, 0.15) is 0 Å². The van der Waals surface area contributed by atoms with E-state index in [1.807, 2.05) is 11.0 Å². The van der Waals surface area contributed by atoms with Gasteiger partial charge < -0.3 is 15.1 Å². The lowest BCUT2D eigenvalue weighted by atomic mass is 9.76. The second-order valence-corrected chi connectivity index (χ2v) is 9.74. The second kappa shape index (κ2) is 8.07. The van der Waals surface area contributed by atoms with Crippen LogP contribution in [0.1, 0.15) is 59.6 Å². The van der Waals surface area contributed by atoms with Gasteiger partial charge in [-0.2, -0.15) is 0 Å². The number of carbonyl (C=O) groups is 1. The highest BCUT2D eigenvalue weighted by atomic mass is 16.2. The van der Waals surface area contributed by atoms with Crippen LogP contribution in [-0.4, -0.2) is 38.0 Å². The van der Waals surface area contributed by atoms with Crippen molar-refractivity contribution in [3.8, 4) is 0 Å². The minimum Gasteiger partial charge on any atom is -0.378 e. The van der Waals surface area contributed by atoms with E-state index in [1.165, 1.54) is 22.5 Å². The van der Waals surface area contributed by atoms with E-state index >= 15 is 0 Å². The molecule has 1 aliphatic carbocycles. The van der Waals surface area contributed by atoms with E-state index in [9.17, 15) is 4.79 Å². The molecule has 162 valence electrons. The maximum absolute atomic E-state index is 13.1. The zero-order valence-corrected chi connectivity index (χ0v) is 18.8. The monoisotopic (exact) mass is 415 g/mol. The maximum Gasteiger partial charge on any atom is 0.253 e. The average molecular weight is 416 g/mol. The van der Waals surface area contributed by atoms with Crippen LogP contribution in [-0.2, 0) is 0 Å². The number of hydrogen-bond acceptors (Lipinski definition) is 3. The second-order valence-electron chi connectivity index (χ2n) is 9.74. The van der Waals surface area contributed by atoms with Crippen molar-refractivity contribution in [2.75, 3.05) is 37.4 Å². The summed E-state index contributed by atoms with van der Waals surface area (Å²) in [6.45, 7) is 4.04. The molecule has 1 amide bonds. The number of likely N-dealkylation sites (tertiary alicyclic amines) is 1. The van der Waals surface area contributed by atoms with Gasteiger partial charge in [0.25, 0.3) is 5.91 Å². The number of piperidine rings is 1. The highest BCUT2D eigenvalue weighted by Gasteiger charge is 2.38. The minimum absolute atomic E-state index is 0.189. The van der Waals surface area contributed by atoms with Gasteiger partial charge in [0.15, 0.2) is 0 Å². The topological polar surface area (TPSA) is 35.6 Å². The Hall–Kier alpha value is -2.75. The van der Waals surface area contributed by atoms with Gasteiger partial charge in [-0.05, 0) is 72.6 Å². The van der Waals surface area contributed by atoms with Crippen LogP contribution in [0.2, 0.25) is 0 Å². The van der Waals surface area contributed by atoms with Crippen molar-refractivity contribution in [2.45, 2.75) is 38.1 Å². The molecule has 0 radical (unpaired) electrons. The fourth-order valence-electron chi connectivity index (χ4n) is 5.43. The van der Waals surface area contributed by atoms with E-state index in [1.54, 1.807) is 0 Å². The van der Waals surface area contributed by atoms with Gasteiger partial charge in [-0.3, -0.25) is 4.79 Å². The van der Waals surface area contributed by atoms with Crippen LogP contribution < -0.4 is 10.2 Å². The quantitative estimate of drug-likeness (QED) is 0.677. The number of amides is 1. The van der Waals surface area contributed by atoms with Gasteiger partial charge in [-0.15, -0.1) is 0 Å². The first-order valence-corrected chi connectivity index (χ1v) is 11.6. The van der Waals surface area contributed by atoms with Crippen LogP contribution >= 0.6 is 0 Å². The lowest BCUT2D eigenvalue weighted by Gasteiger charge is -2.38. The number of fused-ring (bicyclic) bond motifs is 3. The van der Waals surface area contributed by atoms with Crippen molar-refractivity contribution in [1.29, 1.82) is 0 Å². The summed E-state index contributed by atoms with van der Waals surface area (Å²) in [5.74, 6) is 1.77. The van der Waals surface area contributed by atoms with Crippen molar-refractivity contribution < 1.29 is 4.79 Å². The summed E-state index contributed by atoms with van der Waals surface area (Å²) >= 11 is 0. The highest BCUT2D eigenvalue weighted by Crippen LogP contribution is 2.50. The molecule has 0 saturated carbocycles. The minimum atomic E-state index is 0.189. The number of benzene rings is 2. The van der Waals surface area contributed by atoms with Gasteiger partial charge in [0, 0.05) is 50.0 Å². The molecule has 1 N–H and O–H groups in total. The van der Waals surface area contributed by atoms with Crippen LogP contribution in [0.3, 0.4) is 0 Å². The summed E-state index contributed by atoms with van der Waals surface area (Å²) in [7, 11) is 4.15. The van der Waals surface area contributed by atoms with E-state index in [0.29, 0.717) is 11.8 Å². The molecule has 2 aromatic carbocycles. The Morgan fingerprint density at radius 1 is 1.06 bits per heavy atom. The number of anilines is 2. The summed E-state index contributed by atoms with van der Waals surface area (Å²) in [4.78, 5) is 17.3. The molecule has 1 saturated heterocycles. The molecule has 3 unspecified atom stereocenters. The summed E-state index contributed by atoms with van der Waals surface area (Å²) in [6.07, 6.45) is 7.95. The molecule has 2 aromatic rings. The van der Waals surface area contributed by atoms with Gasteiger partial charge >= 0.3 is 0 Å². The van der Waals surface area contributed by atoms with Crippen molar-refractivity contribution in [3.05, 3.63) is 71.3 Å². The number of nitrogens with one attached hydrogen (secondary N) is 1. The van der Waals surface area contributed by atoms with E-state index in [-0.39, 0.29) is 11.9 Å². The van der Waals surface area contributed by atoms with Crippen LogP contribution in [0.25, 0.3) is 0 Å². The Bertz CT molecular complexity index is 986. The highest BCUT2D eigenvalue weighted by molar-refractivity contribution is 5.95. The first-order valence-electron chi connectivity index (χ1n) is 11.6. The lowest BCUT2D eigenvalue weighted by molar-refractivity contribution is 0.0697. The van der Waals surface area contributed by atoms with Crippen molar-refractivity contribution in [1.82, 2.24) is 4.90 Å². The van der Waals surface area contributed by atoms with Crippen LogP contribution in [0.15, 0.2) is 54.6 Å². The van der Waals surface area contributed by atoms with Gasteiger partial charge in [-0.1, -0.05) is 31.2 Å². The van der Waals surface area contributed by atoms with Gasteiger partial charge in [-0.25, -0.2) is 0 Å². The fourth-order valence-corrected chi connectivity index (χ4v) is 5.43. The van der Waals surface area contributed by atoms with E-state index in [0.717, 1.165) is 43.8 Å². The Balaban J connectivity index is 1.42. The Morgan fingerprint density at radius 2 is 1.81 bits per heavy atom. The molecule has 0 bridgehead atoms. The standard InChI is InChI=1S/C27H33N3O/c1-18-13-15-30(16-14-18)27(31)20-9-12-25-24(17-20)22-5-4-6-23(22)26(28-25)19-7-10-21(11-8-19)29(2)3/h4-5,7-12,17-18,22-23,26,28H,6,13-16H2,1-3H3. The van der Waals surface area contributed by atoms with Gasteiger partial charge in [0.05, 0.1) is 6.04 Å². The molecule has 31 heavy (non-hydrogen) atoms. The third kappa shape index (κ3) is 3.73. The largest absolute Gasteiger partial charge is 0.378 e. The fraction of sp³-hybridized carbons (Fsp3) is 0.444. The number of hydrogen-bond donors (Lipinski definition) is 1. The molecule has 4 nitrogen and oxygen atoms in total. The molecule has 5 rings (SSSR count). The Labute approximate surface area is 185 Å². The third-order valence-electron chi connectivity index (χ3n) is 7.45. The molecule has 2 aliphatic heterocycles. The summed E-state index contributed by atoms with van der Waals surface area (Å²) in [5.41, 5.74) is 5.83. The third-order valence-corrected chi connectivity index (χ3v) is 7.45. The van der Waals surface area contributed by atoms with Gasteiger partial charge in [0.2, 0.25) is 0 Å². The van der Waals surface area contributed by atoms with Crippen LogP contribution in [0.4, 0.5) is 11.4 Å². The normalized spacial score (nSPS) is 25.0. The van der Waals surface area contributed by atoms with Crippen molar-refractivity contribution in [3.63, 3.8) is 0 Å². The lowest BCUT2D eigenvalue weighted by Crippen LogP contribution is -2.38. The van der Waals surface area contributed by atoms with E-state index in [4.69, 9.17) is 0 Å². The first kappa shape index (κ1) is 20.2. The van der Waals surface area contributed by atoms with Crippen molar-refractivity contribution in [2.24, 2.45) is 11.8 Å². The molecular weight excluding hydrogens is 382 g/mol. The molecule has 2 heterocycles. The molecule has 4 heteroatoms. The number of allylic oxidation sites excluding steroid dienone is 2. The predicted octanol–water partition coefficient (Wildman–Crippen LogP) is 5.45. The van der Waals surface area contributed by atoms with E-state index in [2.05, 4.69) is 79.8 Å². The van der Waals surface area contributed by atoms with Crippen LogP contribution in [0, 0.1) is 11.8 Å². The molecule has 0 aromatic heterocycles. The summed E-state index contributed by atoms with van der Waals surface area (Å²) in [5, 5.41) is 3.81. The zero-order valence-electron chi connectivity index (χ0n) is 18.8. The molecule has 0 spiro atoms. The summed E-state index contributed by atoms with van der Waals surface area (Å²) in [6, 6.07) is 15.5. The predicted molar refractivity (Wildman–Crippen MR) is 128 cm³/mol. The number of rotatable bonds is 3. The smallest absolute Gasteiger partial charge is 0.253 e. The van der Waals surface area contributed by atoms with Crippen molar-refractivity contribution >= 4 is 17.3 Å². The average Bonchev–Trinajstić information content (AvgIpc) is 3.29. The SMILES string of the molecule is CC1CCN(C(=O)c2ccc3c(c2)C2C=CCC2C(c2ccc(N(C)C)cc2)N3)CC1. The Kier molecular flexibility index (Phi) is 5.25.